The molecule has 0 amide bonds. The van der Waals surface area contributed by atoms with E-state index in [9.17, 15) is 10.2 Å². The lowest BCUT2D eigenvalue weighted by Crippen LogP contribution is -2.44. The van der Waals surface area contributed by atoms with Gasteiger partial charge in [-0.05, 0) is 75.3 Å². The largest absolute Gasteiger partial charge is 0.463 e. The van der Waals surface area contributed by atoms with E-state index in [1.807, 2.05) is 24.3 Å². The fourth-order valence-electron chi connectivity index (χ4n) is 9.12. The van der Waals surface area contributed by atoms with Gasteiger partial charge in [0.2, 0.25) is 0 Å². The van der Waals surface area contributed by atoms with Gasteiger partial charge in [0.05, 0.1) is 25.4 Å². The Morgan fingerprint density at radius 1 is 0.703 bits per heavy atom. The molecule has 0 radical (unpaired) electrons. The SMILES string of the molecule is CCCCOc1nc(N)c2[nH]cc(C(O)c3ccc(CN4CCC(CCCCOc5nc(N)c6[nH]cc(C(O)c7ccc(CN8CC(C)OC(C)C8)cc7)c6n5)N(C)CC4)cc3)c2n1. The lowest BCUT2D eigenvalue weighted by atomic mass is 10.0. The molecule has 0 spiro atoms. The highest BCUT2D eigenvalue weighted by molar-refractivity contribution is 5.89. The average molecular weight is 876 g/mol. The van der Waals surface area contributed by atoms with Crippen molar-refractivity contribution in [1.82, 2.24) is 44.6 Å². The summed E-state index contributed by atoms with van der Waals surface area (Å²) in [7, 11) is 2.22. The van der Waals surface area contributed by atoms with Gasteiger partial charge in [-0.2, -0.15) is 19.9 Å². The quantitative estimate of drug-likeness (QED) is 0.0539. The summed E-state index contributed by atoms with van der Waals surface area (Å²) in [6.45, 7) is 13.8. The molecule has 0 saturated carbocycles. The number of unbranched alkanes of at least 4 members (excludes halogenated alkanes) is 2. The maximum Gasteiger partial charge on any atom is 0.319 e. The van der Waals surface area contributed by atoms with Crippen molar-refractivity contribution in [2.45, 2.75) is 103 Å². The number of benzene rings is 2. The second-order valence-corrected chi connectivity index (χ2v) is 17.7. The zero-order valence-corrected chi connectivity index (χ0v) is 37.7. The van der Waals surface area contributed by atoms with Crippen molar-refractivity contribution in [1.29, 1.82) is 0 Å². The van der Waals surface area contributed by atoms with Crippen LogP contribution in [0.2, 0.25) is 0 Å². The average Bonchev–Trinajstić information content (AvgIpc) is 3.87. The fourth-order valence-corrected chi connectivity index (χ4v) is 9.12. The number of rotatable bonds is 18. The first-order valence-corrected chi connectivity index (χ1v) is 22.9. The van der Waals surface area contributed by atoms with Gasteiger partial charge >= 0.3 is 12.0 Å². The van der Waals surface area contributed by atoms with Crippen molar-refractivity contribution in [3.8, 4) is 12.0 Å². The lowest BCUT2D eigenvalue weighted by molar-refractivity contribution is -0.0704. The van der Waals surface area contributed by atoms with Crippen LogP contribution >= 0.6 is 0 Å². The number of fused-ring (bicyclic) bond motifs is 2. The molecule has 2 saturated heterocycles. The molecule has 5 unspecified atom stereocenters. The van der Waals surface area contributed by atoms with Gasteiger partial charge in [0.1, 0.15) is 34.3 Å². The third-order valence-electron chi connectivity index (χ3n) is 12.7. The van der Waals surface area contributed by atoms with Gasteiger partial charge in [-0.25, -0.2) is 0 Å². The number of H-pyrrole nitrogens is 2. The van der Waals surface area contributed by atoms with E-state index in [2.05, 4.69) is 91.7 Å². The van der Waals surface area contributed by atoms with Crippen LogP contribution in [0.5, 0.6) is 12.0 Å². The standard InChI is InChI=1S/C48H65N11O5/c1-5-6-22-62-47-53-39-37(24-51-41(39)45(49)55-47)43(60)34-14-10-32(11-15-34)28-58-19-18-36(57(4)20-21-58)9-7-8-23-63-48-54-40-38(25-52-42(40)46(50)56-48)44(61)35-16-12-33(13-17-35)29-59-26-30(2)64-31(3)27-59/h10-17,24-25,30-31,36,43-44,51-52,60-61H,5-9,18-23,26-29H2,1-4H3,(H2,49,53,55)(H2,50,54,56). The van der Waals surface area contributed by atoms with Crippen molar-refractivity contribution >= 4 is 33.7 Å². The molecular formula is C48H65N11O5. The maximum atomic E-state index is 11.4. The van der Waals surface area contributed by atoms with E-state index in [4.69, 9.17) is 30.7 Å². The number of likely N-dealkylation sites (N-methyl/N-ethyl adjacent to an activating group) is 1. The predicted molar refractivity (Wildman–Crippen MR) is 249 cm³/mol. The van der Waals surface area contributed by atoms with E-state index in [1.165, 1.54) is 11.1 Å². The van der Waals surface area contributed by atoms with E-state index in [0.29, 0.717) is 58.3 Å². The molecule has 2 aliphatic rings. The van der Waals surface area contributed by atoms with Gasteiger partial charge in [0, 0.05) is 75.4 Å². The fraction of sp³-hybridized carbons (Fsp3) is 0.500. The highest BCUT2D eigenvalue weighted by Gasteiger charge is 2.25. The zero-order chi connectivity index (χ0) is 44.7. The molecule has 8 rings (SSSR count). The number of nitrogens with zero attached hydrogens (tertiary/aromatic N) is 7. The Balaban J connectivity index is 0.794. The van der Waals surface area contributed by atoms with Gasteiger partial charge in [0.15, 0.2) is 11.6 Å². The summed E-state index contributed by atoms with van der Waals surface area (Å²) in [6, 6.07) is 17.2. The molecule has 64 heavy (non-hydrogen) atoms. The molecule has 0 aliphatic carbocycles. The molecule has 16 heteroatoms. The van der Waals surface area contributed by atoms with Crippen LogP contribution in [0.4, 0.5) is 11.6 Å². The Morgan fingerprint density at radius 3 is 1.75 bits per heavy atom. The zero-order valence-electron chi connectivity index (χ0n) is 37.7. The Morgan fingerprint density at radius 2 is 1.22 bits per heavy atom. The topological polar surface area (TPSA) is 213 Å². The smallest absolute Gasteiger partial charge is 0.319 e. The molecule has 6 heterocycles. The molecule has 2 fully saturated rings. The van der Waals surface area contributed by atoms with E-state index in [1.54, 1.807) is 12.4 Å². The second-order valence-electron chi connectivity index (χ2n) is 17.7. The summed E-state index contributed by atoms with van der Waals surface area (Å²) >= 11 is 0. The van der Waals surface area contributed by atoms with Gasteiger partial charge in [-0.3, -0.25) is 9.80 Å². The first kappa shape index (κ1) is 45.2. The van der Waals surface area contributed by atoms with Gasteiger partial charge in [-0.15, -0.1) is 0 Å². The Kier molecular flexibility index (Phi) is 14.6. The van der Waals surface area contributed by atoms with E-state index in [-0.39, 0.29) is 30.0 Å². The summed E-state index contributed by atoms with van der Waals surface area (Å²) in [6.07, 6.45) is 8.06. The van der Waals surface area contributed by atoms with Crippen LogP contribution < -0.4 is 20.9 Å². The first-order chi connectivity index (χ1) is 31.0. The highest BCUT2D eigenvalue weighted by atomic mass is 16.5. The molecule has 2 aromatic carbocycles. The number of ether oxygens (including phenoxy) is 3. The first-order valence-electron chi connectivity index (χ1n) is 22.9. The van der Waals surface area contributed by atoms with Crippen molar-refractivity contribution in [2.24, 2.45) is 0 Å². The van der Waals surface area contributed by atoms with E-state index < -0.39 is 12.2 Å². The van der Waals surface area contributed by atoms with Crippen molar-refractivity contribution in [3.63, 3.8) is 0 Å². The summed E-state index contributed by atoms with van der Waals surface area (Å²) in [4.78, 5) is 31.6. The number of aliphatic hydroxyl groups is 2. The minimum Gasteiger partial charge on any atom is -0.463 e. The summed E-state index contributed by atoms with van der Waals surface area (Å²) in [5.41, 5.74) is 20.0. The maximum absolute atomic E-state index is 11.4. The highest BCUT2D eigenvalue weighted by Crippen LogP contribution is 2.33. The van der Waals surface area contributed by atoms with Gasteiger partial charge < -0.3 is 50.8 Å². The number of nitrogens with two attached hydrogens (primary N) is 2. The van der Waals surface area contributed by atoms with Crippen LogP contribution in [0, 0.1) is 0 Å². The molecule has 4 aromatic heterocycles. The number of aliphatic hydroxyl groups excluding tert-OH is 2. The van der Waals surface area contributed by atoms with Crippen LogP contribution in [0.1, 0.15) is 105 Å². The number of nitrogens with one attached hydrogen (secondary N) is 2. The number of hydrogen-bond acceptors (Lipinski definition) is 14. The predicted octanol–water partition coefficient (Wildman–Crippen LogP) is 6.10. The number of aromatic amines is 2. The summed E-state index contributed by atoms with van der Waals surface area (Å²) in [5, 5.41) is 22.8. The molecule has 5 atom stereocenters. The molecule has 2 aliphatic heterocycles. The monoisotopic (exact) mass is 876 g/mol. The van der Waals surface area contributed by atoms with Gasteiger partial charge in [0.25, 0.3) is 0 Å². The second kappa shape index (κ2) is 20.6. The van der Waals surface area contributed by atoms with Crippen molar-refractivity contribution in [2.75, 3.05) is 64.5 Å². The summed E-state index contributed by atoms with van der Waals surface area (Å²) in [5.74, 6) is 0.581. The number of anilines is 2. The van der Waals surface area contributed by atoms with Crippen molar-refractivity contribution in [3.05, 3.63) is 94.3 Å². The Labute approximate surface area is 375 Å². The Hall–Kier alpha value is -5.36. The van der Waals surface area contributed by atoms with Crippen LogP contribution in [-0.2, 0) is 17.8 Å². The molecule has 8 N–H and O–H groups in total. The van der Waals surface area contributed by atoms with Crippen LogP contribution in [0.25, 0.3) is 22.1 Å². The summed E-state index contributed by atoms with van der Waals surface area (Å²) < 4.78 is 17.7. The number of morpholine rings is 1. The number of aromatic nitrogens is 6. The van der Waals surface area contributed by atoms with Crippen LogP contribution in [-0.4, -0.2) is 126 Å². The molecule has 0 bridgehead atoms. The molecule has 16 nitrogen and oxygen atoms in total. The number of nitrogen functional groups attached to an aromatic ring is 2. The van der Waals surface area contributed by atoms with E-state index >= 15 is 0 Å². The number of hydrogen-bond donors (Lipinski definition) is 6. The minimum absolute atomic E-state index is 0.215. The minimum atomic E-state index is -0.889. The van der Waals surface area contributed by atoms with Crippen LogP contribution in [0.3, 0.4) is 0 Å². The molecular weight excluding hydrogens is 811 g/mol. The normalized spacial score (nSPS) is 20.1. The molecule has 342 valence electrons. The lowest BCUT2D eigenvalue weighted by Gasteiger charge is -2.35. The van der Waals surface area contributed by atoms with E-state index in [0.717, 1.165) is 95.5 Å². The third-order valence-corrected chi connectivity index (χ3v) is 12.7. The van der Waals surface area contributed by atoms with Crippen molar-refractivity contribution < 1.29 is 24.4 Å². The Bertz CT molecular complexity index is 2430. The van der Waals surface area contributed by atoms with Crippen LogP contribution in [0.15, 0.2) is 60.9 Å². The third kappa shape index (κ3) is 10.8. The molecule has 6 aromatic rings. The van der Waals surface area contributed by atoms with Gasteiger partial charge in [-0.1, -0.05) is 61.9 Å².